The van der Waals surface area contributed by atoms with E-state index < -0.39 is 8.07 Å². The summed E-state index contributed by atoms with van der Waals surface area (Å²) in [5.74, 6) is 0.667. The molecule has 6 heteroatoms. The van der Waals surface area contributed by atoms with Gasteiger partial charge in [0.1, 0.15) is 0 Å². The molecule has 7 rings (SSSR count). The molecule has 4 heterocycles. The van der Waals surface area contributed by atoms with Crippen molar-refractivity contribution in [2.24, 2.45) is 11.3 Å². The minimum absolute atomic E-state index is 0. The quantitative estimate of drug-likeness (QED) is 0.118. The van der Waals surface area contributed by atoms with Gasteiger partial charge in [-0.25, -0.2) is 4.98 Å². The van der Waals surface area contributed by atoms with Crippen LogP contribution >= 0.6 is 0 Å². The zero-order valence-corrected chi connectivity index (χ0v) is 36.2. The van der Waals surface area contributed by atoms with Crippen molar-refractivity contribution in [3.63, 3.8) is 0 Å². The molecule has 0 aliphatic rings. The largest absolute Gasteiger partial charge is 0.486 e. The number of aromatic nitrogens is 3. The molecule has 1 radical (unpaired) electrons. The number of hydrogen-bond donors (Lipinski definition) is 0. The fourth-order valence-corrected chi connectivity index (χ4v) is 8.57. The van der Waals surface area contributed by atoms with Gasteiger partial charge in [0.25, 0.3) is 0 Å². The standard InChI is InChI=1S/C29H27N2O.C18H24NSi.Ir/c1-18-8-6-9-19(2)26(18)24-13-12-22-21-10-7-11-23(27(21)32-28(22)31-24)25-16-20(14-15-30-25)17-29(3,4)5;1-14(2)11-16-12-17(15-9-7-6-8-10-15)19-13-18(16)20(3,4)5;/h6-10,12-16H,17H2,1-5H3;6-9,12-14H,11H2,1-5H3;/q2*-1;. The average molecular weight is 894 g/mol. The third-order valence-electron chi connectivity index (χ3n) is 9.26. The number of furan rings is 1. The summed E-state index contributed by atoms with van der Waals surface area (Å²) in [5.41, 5.74) is 12.8. The maximum Gasteiger partial charge on any atom is 0.216 e. The second kappa shape index (κ2) is 16.4. The fraction of sp³-hybridized carbons (Fsp3) is 0.298. The van der Waals surface area contributed by atoms with E-state index in [0.717, 1.165) is 63.0 Å². The topological polar surface area (TPSA) is 51.8 Å². The van der Waals surface area contributed by atoms with Gasteiger partial charge in [0.05, 0.1) is 19.4 Å². The molecule has 7 aromatic rings. The van der Waals surface area contributed by atoms with Gasteiger partial charge in [-0.3, -0.25) is 0 Å². The number of hydrogen-bond acceptors (Lipinski definition) is 4. The Morgan fingerprint density at radius 2 is 1.53 bits per heavy atom. The number of fused-ring (bicyclic) bond motifs is 3. The molecule has 275 valence electrons. The average Bonchev–Trinajstić information content (AvgIpc) is 3.46. The minimum Gasteiger partial charge on any atom is -0.486 e. The van der Waals surface area contributed by atoms with Crippen LogP contribution < -0.4 is 5.19 Å². The third kappa shape index (κ3) is 9.48. The first-order valence-corrected chi connectivity index (χ1v) is 21.9. The summed E-state index contributed by atoms with van der Waals surface area (Å²) in [4.78, 5) is 14.2. The second-order valence-corrected chi connectivity index (χ2v) is 21.7. The molecule has 0 saturated heterocycles. The van der Waals surface area contributed by atoms with Crippen LogP contribution in [0.4, 0.5) is 0 Å². The van der Waals surface area contributed by atoms with Gasteiger partial charge >= 0.3 is 0 Å². The van der Waals surface area contributed by atoms with Crippen LogP contribution in [0.3, 0.4) is 0 Å². The van der Waals surface area contributed by atoms with Gasteiger partial charge in [0, 0.05) is 43.4 Å². The molecular weight excluding hydrogens is 843 g/mol. The van der Waals surface area contributed by atoms with Crippen LogP contribution in [0.5, 0.6) is 0 Å². The predicted molar refractivity (Wildman–Crippen MR) is 222 cm³/mol. The normalized spacial score (nSPS) is 11.8. The molecule has 0 unspecified atom stereocenters. The maximum absolute atomic E-state index is 6.34. The Bertz CT molecular complexity index is 2310. The monoisotopic (exact) mass is 894 g/mol. The van der Waals surface area contributed by atoms with Crippen LogP contribution in [-0.2, 0) is 32.9 Å². The van der Waals surface area contributed by atoms with E-state index in [1.54, 1.807) is 0 Å². The molecule has 0 aliphatic carbocycles. The fourth-order valence-electron chi connectivity index (χ4n) is 6.98. The van der Waals surface area contributed by atoms with Gasteiger partial charge in [0.2, 0.25) is 5.71 Å². The van der Waals surface area contributed by atoms with Crippen LogP contribution in [0.2, 0.25) is 19.6 Å². The number of pyridine rings is 3. The van der Waals surface area contributed by atoms with Crippen molar-refractivity contribution in [3.05, 3.63) is 132 Å². The summed E-state index contributed by atoms with van der Waals surface area (Å²) in [6, 6.07) is 35.7. The summed E-state index contributed by atoms with van der Waals surface area (Å²) in [7, 11) is -1.34. The first kappa shape index (κ1) is 40.0. The van der Waals surface area contributed by atoms with E-state index in [-0.39, 0.29) is 25.5 Å². The Morgan fingerprint density at radius 3 is 2.19 bits per heavy atom. The Kier molecular flexibility index (Phi) is 12.4. The summed E-state index contributed by atoms with van der Waals surface area (Å²) in [6.07, 6.45) is 6.10. The Hall–Kier alpha value is -4.22. The third-order valence-corrected chi connectivity index (χ3v) is 11.3. The summed E-state index contributed by atoms with van der Waals surface area (Å²) < 4.78 is 6.34. The molecule has 0 aliphatic heterocycles. The van der Waals surface area contributed by atoms with Gasteiger partial charge in [0.15, 0.2) is 0 Å². The van der Waals surface area contributed by atoms with Crippen LogP contribution in [0.1, 0.15) is 56.9 Å². The van der Waals surface area contributed by atoms with Crippen LogP contribution in [0.25, 0.3) is 55.8 Å². The SMILES string of the molecule is CC(C)Cc1cc(-c2[c-]cccc2)ncc1[Si](C)(C)C.Cc1cccc(C)c1-c1ccc2c(n1)oc1c(-c3cc(CC(C)(C)C)ccn3)[c-]ccc12.[Ir]. The van der Waals surface area contributed by atoms with E-state index in [0.29, 0.717) is 11.6 Å². The Morgan fingerprint density at radius 1 is 0.774 bits per heavy atom. The Balaban J connectivity index is 0.000000223. The van der Waals surface area contributed by atoms with Crippen LogP contribution in [-0.4, -0.2) is 23.0 Å². The summed E-state index contributed by atoms with van der Waals surface area (Å²) in [5, 5.41) is 3.54. The van der Waals surface area contributed by atoms with Crippen molar-refractivity contribution in [1.82, 2.24) is 15.0 Å². The number of rotatable bonds is 7. The molecule has 0 spiro atoms. The molecule has 0 amide bonds. The molecule has 3 aromatic carbocycles. The van der Waals surface area contributed by atoms with Crippen LogP contribution in [0.15, 0.2) is 102 Å². The van der Waals surface area contributed by atoms with E-state index in [1.165, 1.54) is 27.4 Å². The molecule has 0 atom stereocenters. The summed E-state index contributed by atoms with van der Waals surface area (Å²) in [6.45, 7) is 22.7. The molecule has 53 heavy (non-hydrogen) atoms. The first-order valence-electron chi connectivity index (χ1n) is 18.4. The first-order chi connectivity index (χ1) is 24.7. The molecule has 4 aromatic heterocycles. The molecule has 0 N–H and O–H groups in total. The zero-order chi connectivity index (χ0) is 37.2. The molecule has 0 bridgehead atoms. The van der Waals surface area contributed by atoms with Gasteiger partial charge in [-0.05, 0) is 83.9 Å². The van der Waals surface area contributed by atoms with Gasteiger partial charge in [-0.1, -0.05) is 107 Å². The van der Waals surface area contributed by atoms with Crippen molar-refractivity contribution in [2.45, 2.75) is 80.9 Å². The Labute approximate surface area is 330 Å². The molecule has 4 nitrogen and oxygen atoms in total. The van der Waals surface area contributed by atoms with Crippen molar-refractivity contribution < 1.29 is 24.5 Å². The molecule has 0 fully saturated rings. The van der Waals surface area contributed by atoms with Gasteiger partial charge < -0.3 is 14.4 Å². The van der Waals surface area contributed by atoms with Crippen LogP contribution in [0, 0.1) is 37.3 Å². The number of aryl methyl sites for hydroxylation is 2. The minimum atomic E-state index is -1.34. The molecular formula is C47H51IrN3OSi-2. The number of nitrogens with zero attached hydrogens (tertiary/aromatic N) is 3. The zero-order valence-electron chi connectivity index (χ0n) is 32.8. The van der Waals surface area contributed by atoms with E-state index in [4.69, 9.17) is 9.40 Å². The molecule has 0 saturated carbocycles. The van der Waals surface area contributed by atoms with Crippen molar-refractivity contribution in [2.75, 3.05) is 0 Å². The second-order valence-electron chi connectivity index (χ2n) is 16.7. The van der Waals surface area contributed by atoms with Gasteiger partial charge in [-0.15, -0.1) is 54.1 Å². The smallest absolute Gasteiger partial charge is 0.216 e. The summed E-state index contributed by atoms with van der Waals surface area (Å²) >= 11 is 0. The van der Waals surface area contributed by atoms with Crippen molar-refractivity contribution in [1.29, 1.82) is 0 Å². The van der Waals surface area contributed by atoms with E-state index in [2.05, 4.69) is 151 Å². The van der Waals surface area contributed by atoms with Crippen molar-refractivity contribution >= 4 is 35.3 Å². The van der Waals surface area contributed by atoms with Gasteiger partial charge in [-0.2, -0.15) is 0 Å². The number of benzene rings is 3. The van der Waals surface area contributed by atoms with E-state index >= 15 is 0 Å². The predicted octanol–water partition coefficient (Wildman–Crippen LogP) is 12.0. The maximum atomic E-state index is 6.34. The van der Waals surface area contributed by atoms with E-state index in [9.17, 15) is 0 Å². The van der Waals surface area contributed by atoms with E-state index in [1.807, 2.05) is 36.5 Å². The van der Waals surface area contributed by atoms with Crippen molar-refractivity contribution in [3.8, 4) is 33.8 Å².